The van der Waals surface area contributed by atoms with Gasteiger partial charge < -0.3 is 10.2 Å². The van der Waals surface area contributed by atoms with E-state index in [9.17, 15) is 19.8 Å². The van der Waals surface area contributed by atoms with E-state index in [0.717, 1.165) is 44.1 Å². The van der Waals surface area contributed by atoms with E-state index in [-0.39, 0.29) is 12.0 Å². The second-order valence-corrected chi connectivity index (χ2v) is 13.3. The fraction of sp³-hybridized carbons (Fsp3) is 0.805. The van der Waals surface area contributed by atoms with Gasteiger partial charge in [-0.05, 0) is 77.0 Å². The number of aliphatic carboxylic acids is 2. The topological polar surface area (TPSA) is 74.6 Å². The van der Waals surface area contributed by atoms with E-state index in [1.165, 1.54) is 154 Å². The molecule has 0 saturated carbocycles. The number of carboxylic acids is 2. The molecule has 0 radical (unpaired) electrons. The summed E-state index contributed by atoms with van der Waals surface area (Å²) in [7, 11) is 0. The predicted molar refractivity (Wildman–Crippen MR) is 195 cm³/mol. The number of hydrogen-bond donors (Lipinski definition) is 2. The SMILES string of the molecule is CCCCCCCC/C=C\CCCCCCCCC(CCCCCCCC/C=C\CCCCCCCC)=C(CC(=O)O)C(=O)O. The fourth-order valence-corrected chi connectivity index (χ4v) is 6.10. The van der Waals surface area contributed by atoms with Gasteiger partial charge in [0.15, 0.2) is 0 Å². The van der Waals surface area contributed by atoms with Gasteiger partial charge in [-0.15, -0.1) is 0 Å². The molecule has 4 heteroatoms. The first kappa shape index (κ1) is 43.2. The van der Waals surface area contributed by atoms with Crippen LogP contribution in [0, 0.1) is 0 Å². The molecular weight excluding hydrogens is 556 g/mol. The number of unbranched alkanes of at least 4 members (excludes halogenated alkanes) is 24. The quantitative estimate of drug-likeness (QED) is 0.0415. The lowest BCUT2D eigenvalue weighted by Gasteiger charge is -2.12. The molecule has 0 bridgehead atoms. The smallest absolute Gasteiger partial charge is 0.332 e. The van der Waals surface area contributed by atoms with E-state index in [1.807, 2.05) is 0 Å². The number of hydrogen-bond acceptors (Lipinski definition) is 2. The Balaban J connectivity index is 4.07. The Morgan fingerprint density at radius 2 is 0.711 bits per heavy atom. The standard InChI is InChI=1S/C41H74O4/c1-3-5-7-9-11-13-15-17-19-21-23-25-27-29-31-33-35-38(39(41(44)45)37-40(42)43)36-34-32-30-28-26-24-22-20-18-16-14-12-10-8-6-4-2/h17-20H,3-16,21-37H2,1-2H3,(H,42,43)(H,44,45)/b19-17-,20-18-. The lowest BCUT2D eigenvalue weighted by Crippen LogP contribution is -2.10. The fourth-order valence-electron chi connectivity index (χ4n) is 6.10. The van der Waals surface area contributed by atoms with E-state index < -0.39 is 11.9 Å². The van der Waals surface area contributed by atoms with Crippen molar-refractivity contribution in [3.63, 3.8) is 0 Å². The number of allylic oxidation sites excluding steroid dienone is 5. The first-order chi connectivity index (χ1) is 22.0. The van der Waals surface area contributed by atoms with Gasteiger partial charge in [-0.3, -0.25) is 4.79 Å². The minimum Gasteiger partial charge on any atom is -0.481 e. The van der Waals surface area contributed by atoms with Crippen molar-refractivity contribution in [3.05, 3.63) is 35.5 Å². The van der Waals surface area contributed by atoms with Crippen LogP contribution in [0.25, 0.3) is 0 Å². The Kier molecular flexibility index (Phi) is 33.6. The largest absolute Gasteiger partial charge is 0.481 e. The van der Waals surface area contributed by atoms with Gasteiger partial charge in [0.2, 0.25) is 0 Å². The second-order valence-electron chi connectivity index (χ2n) is 13.3. The molecule has 0 fully saturated rings. The molecule has 0 saturated heterocycles. The molecule has 0 aromatic carbocycles. The summed E-state index contributed by atoms with van der Waals surface area (Å²) in [5, 5.41) is 19.0. The summed E-state index contributed by atoms with van der Waals surface area (Å²) in [4.78, 5) is 23.2. The van der Waals surface area contributed by atoms with Gasteiger partial charge in [-0.2, -0.15) is 0 Å². The van der Waals surface area contributed by atoms with E-state index in [2.05, 4.69) is 38.2 Å². The van der Waals surface area contributed by atoms with Gasteiger partial charge in [0.25, 0.3) is 0 Å². The van der Waals surface area contributed by atoms with Crippen molar-refractivity contribution in [2.45, 2.75) is 213 Å². The molecule has 2 N–H and O–H groups in total. The second kappa shape index (κ2) is 35.0. The van der Waals surface area contributed by atoms with Gasteiger partial charge in [0.05, 0.1) is 6.42 Å². The van der Waals surface area contributed by atoms with Crippen LogP contribution in [-0.4, -0.2) is 22.2 Å². The molecule has 0 unspecified atom stereocenters. The summed E-state index contributed by atoms with van der Waals surface area (Å²) in [6.45, 7) is 4.53. The Hall–Kier alpha value is -1.84. The van der Waals surface area contributed by atoms with Gasteiger partial charge in [-0.25, -0.2) is 4.79 Å². The summed E-state index contributed by atoms with van der Waals surface area (Å²) >= 11 is 0. The van der Waals surface area contributed by atoms with E-state index in [4.69, 9.17) is 0 Å². The maximum atomic E-state index is 11.9. The molecule has 0 aliphatic carbocycles. The molecule has 0 atom stereocenters. The lowest BCUT2D eigenvalue weighted by atomic mass is 9.93. The van der Waals surface area contributed by atoms with Gasteiger partial charge in [-0.1, -0.05) is 159 Å². The Morgan fingerprint density at radius 1 is 0.422 bits per heavy atom. The maximum Gasteiger partial charge on any atom is 0.332 e. The zero-order valence-electron chi connectivity index (χ0n) is 29.9. The van der Waals surface area contributed by atoms with Crippen molar-refractivity contribution < 1.29 is 19.8 Å². The van der Waals surface area contributed by atoms with Gasteiger partial charge >= 0.3 is 11.9 Å². The van der Waals surface area contributed by atoms with E-state index in [1.54, 1.807) is 0 Å². The van der Waals surface area contributed by atoms with Crippen molar-refractivity contribution >= 4 is 11.9 Å². The number of carbonyl (C=O) groups is 2. The van der Waals surface area contributed by atoms with Crippen LogP contribution in [0.2, 0.25) is 0 Å². The van der Waals surface area contributed by atoms with E-state index in [0.29, 0.717) is 0 Å². The average Bonchev–Trinajstić information content (AvgIpc) is 3.02. The average molecular weight is 631 g/mol. The third-order valence-corrected chi connectivity index (χ3v) is 8.99. The van der Waals surface area contributed by atoms with Crippen molar-refractivity contribution in [3.8, 4) is 0 Å². The monoisotopic (exact) mass is 631 g/mol. The molecule has 0 aliphatic rings. The van der Waals surface area contributed by atoms with Crippen LogP contribution in [0.3, 0.4) is 0 Å². The van der Waals surface area contributed by atoms with Gasteiger partial charge in [0.1, 0.15) is 0 Å². The molecule has 262 valence electrons. The zero-order chi connectivity index (χ0) is 33.1. The number of carboxylic acid groups (broad SMARTS) is 2. The van der Waals surface area contributed by atoms with Crippen LogP contribution >= 0.6 is 0 Å². The van der Waals surface area contributed by atoms with Crippen LogP contribution < -0.4 is 0 Å². The highest BCUT2D eigenvalue weighted by Crippen LogP contribution is 2.24. The summed E-state index contributed by atoms with van der Waals surface area (Å²) < 4.78 is 0. The molecular formula is C41H74O4. The Bertz CT molecular complexity index is 719. The molecule has 0 aromatic rings. The normalized spacial score (nSPS) is 11.6. The lowest BCUT2D eigenvalue weighted by molar-refractivity contribution is -0.139. The highest BCUT2D eigenvalue weighted by Gasteiger charge is 2.17. The van der Waals surface area contributed by atoms with Crippen LogP contribution in [0.15, 0.2) is 35.5 Å². The van der Waals surface area contributed by atoms with Crippen LogP contribution in [0.4, 0.5) is 0 Å². The summed E-state index contributed by atoms with van der Waals surface area (Å²) in [5.41, 5.74) is 0.999. The van der Waals surface area contributed by atoms with E-state index >= 15 is 0 Å². The summed E-state index contributed by atoms with van der Waals surface area (Å²) in [5.74, 6) is -2.10. The number of rotatable bonds is 35. The molecule has 45 heavy (non-hydrogen) atoms. The van der Waals surface area contributed by atoms with Crippen molar-refractivity contribution in [1.29, 1.82) is 0 Å². The third kappa shape index (κ3) is 31.9. The third-order valence-electron chi connectivity index (χ3n) is 8.99. The highest BCUT2D eigenvalue weighted by molar-refractivity contribution is 5.92. The van der Waals surface area contributed by atoms with Crippen molar-refractivity contribution in [2.24, 2.45) is 0 Å². The molecule has 0 heterocycles. The molecule has 0 aromatic heterocycles. The summed E-state index contributed by atoms with van der Waals surface area (Å²) in [6.07, 6.45) is 45.5. The Morgan fingerprint density at radius 3 is 1.00 bits per heavy atom. The maximum absolute atomic E-state index is 11.9. The van der Waals surface area contributed by atoms with Crippen LogP contribution in [0.1, 0.15) is 213 Å². The first-order valence-electron chi connectivity index (χ1n) is 19.5. The highest BCUT2D eigenvalue weighted by atomic mass is 16.4. The van der Waals surface area contributed by atoms with Crippen LogP contribution in [0.5, 0.6) is 0 Å². The first-order valence-corrected chi connectivity index (χ1v) is 19.5. The van der Waals surface area contributed by atoms with Gasteiger partial charge in [0, 0.05) is 5.57 Å². The molecule has 0 rings (SSSR count). The minimum absolute atomic E-state index is 0.128. The molecule has 0 aliphatic heterocycles. The predicted octanol–water partition coefficient (Wildman–Crippen LogP) is 13.7. The van der Waals surface area contributed by atoms with Crippen LogP contribution in [-0.2, 0) is 9.59 Å². The Labute approximate surface area is 279 Å². The van der Waals surface area contributed by atoms with Crippen molar-refractivity contribution in [2.75, 3.05) is 0 Å². The molecule has 0 spiro atoms. The minimum atomic E-state index is -1.05. The molecule has 0 amide bonds. The summed E-state index contributed by atoms with van der Waals surface area (Å²) in [6, 6.07) is 0. The van der Waals surface area contributed by atoms with Crippen molar-refractivity contribution in [1.82, 2.24) is 0 Å². The zero-order valence-corrected chi connectivity index (χ0v) is 29.9. The molecule has 4 nitrogen and oxygen atoms in total.